The maximum atomic E-state index is 12.9. The van der Waals surface area contributed by atoms with E-state index in [1.54, 1.807) is 12.0 Å². The molecule has 2 aromatic rings. The zero-order chi connectivity index (χ0) is 18.5. The first kappa shape index (κ1) is 17.9. The van der Waals surface area contributed by atoms with Crippen LogP contribution in [-0.2, 0) is 4.79 Å². The topological polar surface area (TPSA) is 58.6 Å². The molecule has 0 bridgehead atoms. The molecular formula is C20H21FN2O3. The van der Waals surface area contributed by atoms with Crippen LogP contribution in [0.3, 0.4) is 0 Å². The summed E-state index contributed by atoms with van der Waals surface area (Å²) in [5, 5.41) is 2.61. The monoisotopic (exact) mass is 356 g/mol. The van der Waals surface area contributed by atoms with Crippen LogP contribution in [0.4, 0.5) is 4.39 Å². The first-order chi connectivity index (χ1) is 12.6. The van der Waals surface area contributed by atoms with Gasteiger partial charge in [0, 0.05) is 12.1 Å². The van der Waals surface area contributed by atoms with Gasteiger partial charge in [0.1, 0.15) is 11.6 Å². The second kappa shape index (κ2) is 7.99. The van der Waals surface area contributed by atoms with Crippen molar-refractivity contribution in [3.05, 3.63) is 65.5 Å². The quantitative estimate of drug-likeness (QED) is 0.896. The molecule has 1 aliphatic heterocycles. The lowest BCUT2D eigenvalue weighted by Crippen LogP contribution is -2.39. The number of nitrogens with zero attached hydrogens (tertiary/aromatic N) is 1. The van der Waals surface area contributed by atoms with Crippen LogP contribution in [0, 0.1) is 5.82 Å². The number of rotatable bonds is 5. The van der Waals surface area contributed by atoms with Crippen LogP contribution in [0.1, 0.15) is 34.8 Å². The Bertz CT molecular complexity index is 775. The van der Waals surface area contributed by atoms with E-state index in [2.05, 4.69) is 5.32 Å². The van der Waals surface area contributed by atoms with Crippen LogP contribution in [0.25, 0.3) is 0 Å². The highest BCUT2D eigenvalue weighted by atomic mass is 19.1. The van der Waals surface area contributed by atoms with Crippen molar-refractivity contribution in [2.45, 2.75) is 18.9 Å². The van der Waals surface area contributed by atoms with Gasteiger partial charge < -0.3 is 15.0 Å². The molecule has 1 atom stereocenters. The maximum Gasteiger partial charge on any atom is 0.251 e. The molecule has 26 heavy (non-hydrogen) atoms. The average molecular weight is 356 g/mol. The van der Waals surface area contributed by atoms with E-state index >= 15 is 0 Å². The molecule has 1 heterocycles. The van der Waals surface area contributed by atoms with E-state index < -0.39 is 11.7 Å². The van der Waals surface area contributed by atoms with E-state index in [4.69, 9.17) is 4.74 Å². The smallest absolute Gasteiger partial charge is 0.251 e. The lowest BCUT2D eigenvalue weighted by Gasteiger charge is -2.25. The van der Waals surface area contributed by atoms with Crippen molar-refractivity contribution in [1.82, 2.24) is 10.2 Å². The molecular weight excluding hydrogens is 335 g/mol. The van der Waals surface area contributed by atoms with E-state index in [1.807, 2.05) is 24.3 Å². The summed E-state index contributed by atoms with van der Waals surface area (Å²) in [6.07, 6.45) is 1.82. The Morgan fingerprint density at radius 2 is 1.85 bits per heavy atom. The summed E-state index contributed by atoms with van der Waals surface area (Å²) in [4.78, 5) is 26.4. The van der Waals surface area contributed by atoms with E-state index in [-0.39, 0.29) is 18.5 Å². The molecule has 0 saturated carbocycles. The minimum Gasteiger partial charge on any atom is -0.497 e. The van der Waals surface area contributed by atoms with Gasteiger partial charge in [-0.05, 0) is 54.8 Å². The maximum absolute atomic E-state index is 12.9. The van der Waals surface area contributed by atoms with Crippen molar-refractivity contribution in [3.8, 4) is 5.75 Å². The zero-order valence-corrected chi connectivity index (χ0v) is 14.6. The van der Waals surface area contributed by atoms with Gasteiger partial charge in [-0.3, -0.25) is 9.59 Å². The van der Waals surface area contributed by atoms with Crippen molar-refractivity contribution >= 4 is 11.8 Å². The second-order valence-electron chi connectivity index (χ2n) is 6.21. The van der Waals surface area contributed by atoms with Crippen LogP contribution in [0.5, 0.6) is 5.75 Å². The lowest BCUT2D eigenvalue weighted by molar-refractivity contribution is -0.131. The van der Waals surface area contributed by atoms with Crippen LogP contribution < -0.4 is 10.1 Å². The largest absolute Gasteiger partial charge is 0.497 e. The highest BCUT2D eigenvalue weighted by molar-refractivity contribution is 5.96. The summed E-state index contributed by atoms with van der Waals surface area (Å²) < 4.78 is 18.1. The zero-order valence-electron chi connectivity index (χ0n) is 14.6. The van der Waals surface area contributed by atoms with Crippen LogP contribution in [-0.4, -0.2) is 36.9 Å². The summed E-state index contributed by atoms with van der Waals surface area (Å²) >= 11 is 0. The van der Waals surface area contributed by atoms with Gasteiger partial charge in [-0.25, -0.2) is 4.39 Å². The molecule has 1 unspecified atom stereocenters. The number of ether oxygens (including phenoxy) is 1. The number of methoxy groups -OCH3 is 1. The Hall–Kier alpha value is -2.89. The van der Waals surface area contributed by atoms with E-state index in [1.165, 1.54) is 24.3 Å². The third-order valence-corrected chi connectivity index (χ3v) is 4.58. The number of hydrogen-bond donors (Lipinski definition) is 1. The van der Waals surface area contributed by atoms with Crippen molar-refractivity contribution in [1.29, 1.82) is 0 Å². The third-order valence-electron chi connectivity index (χ3n) is 4.58. The van der Waals surface area contributed by atoms with E-state index in [0.717, 1.165) is 24.2 Å². The van der Waals surface area contributed by atoms with Crippen molar-refractivity contribution in [2.24, 2.45) is 0 Å². The standard InChI is InChI=1S/C20H21FN2O3/c1-26-17-10-6-14(7-11-17)18-3-2-12-23(18)19(24)13-22-20(25)15-4-8-16(21)9-5-15/h4-11,18H,2-3,12-13H2,1H3,(H,22,25). The molecule has 2 aromatic carbocycles. The lowest BCUT2D eigenvalue weighted by atomic mass is 10.0. The van der Waals surface area contributed by atoms with E-state index in [9.17, 15) is 14.0 Å². The van der Waals surface area contributed by atoms with Crippen molar-refractivity contribution in [2.75, 3.05) is 20.2 Å². The Morgan fingerprint density at radius 1 is 1.15 bits per heavy atom. The summed E-state index contributed by atoms with van der Waals surface area (Å²) in [7, 11) is 1.62. The van der Waals surface area contributed by atoms with Crippen molar-refractivity contribution in [3.63, 3.8) is 0 Å². The van der Waals surface area contributed by atoms with Gasteiger partial charge in [0.05, 0.1) is 19.7 Å². The molecule has 0 radical (unpaired) electrons. The minimum atomic E-state index is -0.406. The van der Waals surface area contributed by atoms with Crippen LogP contribution in [0.2, 0.25) is 0 Å². The number of nitrogens with one attached hydrogen (secondary N) is 1. The molecule has 2 amide bonds. The van der Waals surface area contributed by atoms with Gasteiger partial charge >= 0.3 is 0 Å². The normalized spacial score (nSPS) is 16.4. The summed E-state index contributed by atoms with van der Waals surface area (Å²) in [5.74, 6) is -0.148. The Balaban J connectivity index is 1.61. The fourth-order valence-electron chi connectivity index (χ4n) is 3.20. The highest BCUT2D eigenvalue weighted by Gasteiger charge is 2.29. The molecule has 6 heteroatoms. The molecule has 1 aliphatic rings. The first-order valence-corrected chi connectivity index (χ1v) is 8.55. The molecule has 0 aromatic heterocycles. The SMILES string of the molecule is COc1ccc(C2CCCN2C(=O)CNC(=O)c2ccc(F)cc2)cc1. The second-order valence-corrected chi connectivity index (χ2v) is 6.21. The average Bonchev–Trinajstić information content (AvgIpc) is 3.16. The predicted octanol–water partition coefficient (Wildman–Crippen LogP) is 2.93. The number of benzene rings is 2. The molecule has 1 N–H and O–H groups in total. The Kier molecular flexibility index (Phi) is 5.51. The fourth-order valence-corrected chi connectivity index (χ4v) is 3.20. The summed E-state index contributed by atoms with van der Waals surface area (Å²) in [6.45, 7) is 0.588. The third kappa shape index (κ3) is 4.02. The Labute approximate surface area is 151 Å². The summed E-state index contributed by atoms with van der Waals surface area (Å²) in [6, 6.07) is 12.9. The molecule has 1 saturated heterocycles. The number of carbonyl (C=O) groups excluding carboxylic acids is 2. The van der Waals surface area contributed by atoms with Gasteiger partial charge in [-0.1, -0.05) is 12.1 Å². The molecule has 0 spiro atoms. The first-order valence-electron chi connectivity index (χ1n) is 8.55. The van der Waals surface area contributed by atoms with Crippen LogP contribution in [0.15, 0.2) is 48.5 Å². The predicted molar refractivity (Wildman–Crippen MR) is 95.4 cm³/mol. The number of hydrogen-bond acceptors (Lipinski definition) is 3. The van der Waals surface area contributed by atoms with Gasteiger partial charge in [0.2, 0.25) is 5.91 Å². The van der Waals surface area contributed by atoms with Gasteiger partial charge in [-0.2, -0.15) is 0 Å². The van der Waals surface area contributed by atoms with Gasteiger partial charge in [0.15, 0.2) is 0 Å². The number of carbonyl (C=O) groups is 2. The fraction of sp³-hybridized carbons (Fsp3) is 0.300. The van der Waals surface area contributed by atoms with Crippen molar-refractivity contribution < 1.29 is 18.7 Å². The number of amides is 2. The highest BCUT2D eigenvalue weighted by Crippen LogP contribution is 2.32. The van der Waals surface area contributed by atoms with Gasteiger partial charge in [0.25, 0.3) is 5.91 Å². The molecule has 3 rings (SSSR count). The molecule has 5 nitrogen and oxygen atoms in total. The molecule has 0 aliphatic carbocycles. The molecule has 136 valence electrons. The van der Waals surface area contributed by atoms with E-state index in [0.29, 0.717) is 12.1 Å². The Morgan fingerprint density at radius 3 is 2.50 bits per heavy atom. The summed E-state index contributed by atoms with van der Waals surface area (Å²) in [5.41, 5.74) is 1.38. The van der Waals surface area contributed by atoms with Crippen LogP contribution >= 0.6 is 0 Å². The van der Waals surface area contributed by atoms with Gasteiger partial charge in [-0.15, -0.1) is 0 Å². The number of likely N-dealkylation sites (tertiary alicyclic amines) is 1. The minimum absolute atomic E-state index is 0.0103. The number of halogens is 1. The molecule has 1 fully saturated rings.